The topological polar surface area (TPSA) is 21.3 Å². The minimum absolute atomic E-state index is 0.738. The van der Waals surface area contributed by atoms with Crippen LogP contribution >= 0.6 is 15.9 Å². The number of rotatable bonds is 8. The van der Waals surface area contributed by atoms with E-state index in [0.29, 0.717) is 0 Å². The van der Waals surface area contributed by atoms with E-state index in [-0.39, 0.29) is 0 Å². The summed E-state index contributed by atoms with van der Waals surface area (Å²) < 4.78 is 7.00. The zero-order valence-corrected chi connectivity index (χ0v) is 15.1. The van der Waals surface area contributed by atoms with E-state index in [1.165, 1.54) is 28.4 Å². The number of nitrogens with one attached hydrogen (secondary N) is 1. The second kappa shape index (κ2) is 8.19. The van der Waals surface area contributed by atoms with Crippen LogP contribution in [0.15, 0.2) is 16.6 Å². The average Bonchev–Trinajstić information content (AvgIpc) is 2.88. The molecule has 0 saturated heterocycles. The maximum Gasteiger partial charge on any atom is 0.125 e. The van der Waals surface area contributed by atoms with Crippen molar-refractivity contribution in [1.82, 2.24) is 5.32 Å². The maximum atomic E-state index is 5.81. The van der Waals surface area contributed by atoms with E-state index in [0.717, 1.165) is 50.1 Å². The Labute approximate surface area is 137 Å². The monoisotopic (exact) mass is 353 g/mol. The van der Waals surface area contributed by atoms with E-state index in [4.69, 9.17) is 4.74 Å². The summed E-state index contributed by atoms with van der Waals surface area (Å²) in [4.78, 5) is 0. The third-order valence-electron chi connectivity index (χ3n) is 4.10. The SMILES string of the molecule is CC(C)CNCCC(C)CCc1cc(Br)cc2c1OCC2. The molecule has 3 heteroatoms. The lowest BCUT2D eigenvalue weighted by atomic mass is 9.96. The van der Waals surface area contributed by atoms with Crippen molar-refractivity contribution in [2.45, 2.75) is 46.5 Å². The number of hydrogen-bond donors (Lipinski definition) is 1. The zero-order chi connectivity index (χ0) is 15.2. The lowest BCUT2D eigenvalue weighted by Gasteiger charge is -2.14. The summed E-state index contributed by atoms with van der Waals surface area (Å²) in [5, 5.41) is 3.53. The summed E-state index contributed by atoms with van der Waals surface area (Å²) in [7, 11) is 0. The van der Waals surface area contributed by atoms with Crippen molar-refractivity contribution in [2.24, 2.45) is 11.8 Å². The summed E-state index contributed by atoms with van der Waals surface area (Å²) in [6.45, 7) is 9.96. The molecule has 0 aromatic heterocycles. The number of halogens is 1. The molecule has 1 N–H and O–H groups in total. The van der Waals surface area contributed by atoms with E-state index in [1.807, 2.05) is 0 Å². The highest BCUT2D eigenvalue weighted by molar-refractivity contribution is 9.10. The Morgan fingerprint density at radius 3 is 2.81 bits per heavy atom. The van der Waals surface area contributed by atoms with Crippen LogP contribution in [0.2, 0.25) is 0 Å². The molecular formula is C18H28BrNO. The van der Waals surface area contributed by atoms with Crippen molar-refractivity contribution >= 4 is 15.9 Å². The van der Waals surface area contributed by atoms with Crippen LogP contribution in [0.4, 0.5) is 0 Å². The number of fused-ring (bicyclic) bond motifs is 1. The smallest absolute Gasteiger partial charge is 0.125 e. The molecule has 1 aliphatic heterocycles. The van der Waals surface area contributed by atoms with E-state index < -0.39 is 0 Å². The number of benzene rings is 1. The molecule has 0 amide bonds. The fourth-order valence-electron chi connectivity index (χ4n) is 2.82. The van der Waals surface area contributed by atoms with Crippen molar-refractivity contribution in [2.75, 3.05) is 19.7 Å². The van der Waals surface area contributed by atoms with Gasteiger partial charge in [-0.05, 0) is 67.4 Å². The second-order valence-electron chi connectivity index (χ2n) is 6.68. The molecule has 1 aromatic carbocycles. The van der Waals surface area contributed by atoms with Crippen LogP contribution in [0.5, 0.6) is 5.75 Å². The van der Waals surface area contributed by atoms with Crippen molar-refractivity contribution < 1.29 is 4.74 Å². The van der Waals surface area contributed by atoms with Crippen LogP contribution in [0.1, 0.15) is 44.7 Å². The fourth-order valence-corrected chi connectivity index (χ4v) is 3.37. The van der Waals surface area contributed by atoms with Gasteiger partial charge in [0.15, 0.2) is 0 Å². The van der Waals surface area contributed by atoms with Gasteiger partial charge in [0.2, 0.25) is 0 Å². The standard InChI is InChI=1S/C18H28BrNO/c1-13(2)12-20-8-6-14(3)4-5-15-10-17(19)11-16-7-9-21-18(15)16/h10-11,13-14,20H,4-9,12H2,1-3H3. The highest BCUT2D eigenvalue weighted by Gasteiger charge is 2.17. The van der Waals surface area contributed by atoms with Crippen LogP contribution in [0.3, 0.4) is 0 Å². The zero-order valence-electron chi connectivity index (χ0n) is 13.5. The van der Waals surface area contributed by atoms with Gasteiger partial charge in [0.25, 0.3) is 0 Å². The molecule has 0 aliphatic carbocycles. The molecule has 118 valence electrons. The molecule has 1 atom stereocenters. The summed E-state index contributed by atoms with van der Waals surface area (Å²) in [5.74, 6) is 2.64. The third-order valence-corrected chi connectivity index (χ3v) is 4.56. The Morgan fingerprint density at radius 2 is 2.05 bits per heavy atom. The van der Waals surface area contributed by atoms with Crippen LogP contribution in [-0.4, -0.2) is 19.7 Å². The largest absolute Gasteiger partial charge is 0.493 e. The molecule has 1 unspecified atom stereocenters. The van der Waals surface area contributed by atoms with Crippen LogP contribution in [-0.2, 0) is 12.8 Å². The Kier molecular flexibility index (Phi) is 6.56. The van der Waals surface area contributed by atoms with Gasteiger partial charge < -0.3 is 10.1 Å². The van der Waals surface area contributed by atoms with Crippen molar-refractivity contribution in [1.29, 1.82) is 0 Å². The minimum atomic E-state index is 0.738. The molecular weight excluding hydrogens is 326 g/mol. The van der Waals surface area contributed by atoms with Gasteiger partial charge in [-0.25, -0.2) is 0 Å². The molecule has 0 fully saturated rings. The maximum absolute atomic E-state index is 5.81. The third kappa shape index (κ3) is 5.30. The van der Waals surface area contributed by atoms with E-state index in [1.54, 1.807) is 0 Å². The summed E-state index contributed by atoms with van der Waals surface area (Å²) in [6, 6.07) is 4.43. The van der Waals surface area contributed by atoms with Crippen molar-refractivity contribution in [3.05, 3.63) is 27.7 Å². The average molecular weight is 354 g/mol. The predicted octanol–water partition coefficient (Wildman–Crippen LogP) is 4.59. The lowest BCUT2D eigenvalue weighted by molar-refractivity contribution is 0.351. The first-order chi connectivity index (χ1) is 10.1. The molecule has 0 saturated carbocycles. The van der Waals surface area contributed by atoms with Gasteiger partial charge in [-0.15, -0.1) is 0 Å². The fraction of sp³-hybridized carbons (Fsp3) is 0.667. The quantitative estimate of drug-likeness (QED) is 0.690. The lowest BCUT2D eigenvalue weighted by Crippen LogP contribution is -2.22. The van der Waals surface area contributed by atoms with Gasteiger partial charge in [0, 0.05) is 10.9 Å². The Morgan fingerprint density at radius 1 is 1.24 bits per heavy atom. The molecule has 0 radical (unpaired) electrons. The van der Waals surface area contributed by atoms with Gasteiger partial charge in [0.05, 0.1) is 6.61 Å². The molecule has 2 rings (SSSR count). The highest BCUT2D eigenvalue weighted by atomic mass is 79.9. The minimum Gasteiger partial charge on any atom is -0.493 e. The van der Waals surface area contributed by atoms with Crippen LogP contribution < -0.4 is 10.1 Å². The van der Waals surface area contributed by atoms with Crippen molar-refractivity contribution in [3.8, 4) is 5.75 Å². The first-order valence-electron chi connectivity index (χ1n) is 8.21. The number of hydrogen-bond acceptors (Lipinski definition) is 2. The molecule has 2 nitrogen and oxygen atoms in total. The normalized spacial score (nSPS) is 15.1. The summed E-state index contributed by atoms with van der Waals surface area (Å²) >= 11 is 3.62. The van der Waals surface area contributed by atoms with Gasteiger partial charge in [0.1, 0.15) is 5.75 Å². The second-order valence-corrected chi connectivity index (χ2v) is 7.60. The van der Waals surface area contributed by atoms with Crippen LogP contribution in [0, 0.1) is 11.8 Å². The number of aryl methyl sites for hydroxylation is 1. The first-order valence-corrected chi connectivity index (χ1v) is 9.00. The summed E-state index contributed by atoms with van der Waals surface area (Å²) in [6.07, 6.45) is 4.66. The van der Waals surface area contributed by atoms with E-state index in [2.05, 4.69) is 54.2 Å². The molecule has 1 aromatic rings. The van der Waals surface area contributed by atoms with Crippen molar-refractivity contribution in [3.63, 3.8) is 0 Å². The molecule has 0 bridgehead atoms. The Hall–Kier alpha value is -0.540. The van der Waals surface area contributed by atoms with E-state index >= 15 is 0 Å². The number of ether oxygens (including phenoxy) is 1. The van der Waals surface area contributed by atoms with Gasteiger partial charge >= 0.3 is 0 Å². The van der Waals surface area contributed by atoms with E-state index in [9.17, 15) is 0 Å². The molecule has 1 heterocycles. The Bertz CT molecular complexity index is 459. The van der Waals surface area contributed by atoms with Gasteiger partial charge in [-0.1, -0.05) is 36.7 Å². The molecule has 21 heavy (non-hydrogen) atoms. The highest BCUT2D eigenvalue weighted by Crippen LogP contribution is 2.34. The molecule has 0 spiro atoms. The van der Waals surface area contributed by atoms with Gasteiger partial charge in [-0.3, -0.25) is 0 Å². The van der Waals surface area contributed by atoms with Gasteiger partial charge in [-0.2, -0.15) is 0 Å². The Balaban J connectivity index is 1.78. The predicted molar refractivity (Wildman–Crippen MR) is 93.2 cm³/mol. The first kappa shape index (κ1) is 16.8. The molecule has 1 aliphatic rings. The summed E-state index contributed by atoms with van der Waals surface area (Å²) in [5.41, 5.74) is 2.74. The van der Waals surface area contributed by atoms with Crippen LogP contribution in [0.25, 0.3) is 0 Å².